The molecule has 1 aliphatic rings. The first-order valence-corrected chi connectivity index (χ1v) is 10.7. The SMILES string of the molecule is Cn1c(C(=O)NC2CCS(=O)(=O)c3ccccc32)c(Br)c2ccccc21. The van der Waals surface area contributed by atoms with Crippen LogP contribution in [0.15, 0.2) is 57.9 Å². The maximum absolute atomic E-state index is 13.0. The van der Waals surface area contributed by atoms with Gasteiger partial charge in [-0.2, -0.15) is 0 Å². The molecule has 1 aliphatic heterocycles. The van der Waals surface area contributed by atoms with Crippen LogP contribution in [0.25, 0.3) is 10.9 Å². The predicted molar refractivity (Wildman–Crippen MR) is 104 cm³/mol. The Labute approximate surface area is 160 Å². The predicted octanol–water partition coefficient (Wildman–Crippen LogP) is 3.59. The average molecular weight is 433 g/mol. The van der Waals surface area contributed by atoms with Gasteiger partial charge >= 0.3 is 0 Å². The Kier molecular flexibility index (Phi) is 4.16. The van der Waals surface area contributed by atoms with Crippen molar-refractivity contribution in [3.05, 3.63) is 64.3 Å². The average Bonchev–Trinajstić information content (AvgIpc) is 2.89. The van der Waals surface area contributed by atoms with Gasteiger partial charge in [0.1, 0.15) is 5.69 Å². The van der Waals surface area contributed by atoms with Gasteiger partial charge in [0.15, 0.2) is 9.84 Å². The van der Waals surface area contributed by atoms with Crippen molar-refractivity contribution in [1.82, 2.24) is 9.88 Å². The highest BCUT2D eigenvalue weighted by atomic mass is 79.9. The molecule has 1 atom stereocenters. The molecule has 134 valence electrons. The van der Waals surface area contributed by atoms with E-state index < -0.39 is 9.84 Å². The summed E-state index contributed by atoms with van der Waals surface area (Å²) in [6.07, 6.45) is 0.368. The van der Waals surface area contributed by atoms with Crippen LogP contribution in [0.5, 0.6) is 0 Å². The number of halogens is 1. The monoisotopic (exact) mass is 432 g/mol. The normalized spacial score (nSPS) is 18.5. The Morgan fingerprint density at radius 1 is 1.15 bits per heavy atom. The largest absolute Gasteiger partial charge is 0.344 e. The quantitative estimate of drug-likeness (QED) is 0.672. The summed E-state index contributed by atoms with van der Waals surface area (Å²) in [5.41, 5.74) is 2.13. The summed E-state index contributed by atoms with van der Waals surface area (Å²) in [5.74, 6) is -0.194. The molecule has 1 unspecified atom stereocenters. The Morgan fingerprint density at radius 2 is 1.85 bits per heavy atom. The second-order valence-corrected chi connectivity index (χ2v) is 9.28. The Morgan fingerprint density at radius 3 is 2.62 bits per heavy atom. The van der Waals surface area contributed by atoms with E-state index in [-0.39, 0.29) is 17.7 Å². The van der Waals surface area contributed by atoms with Crippen LogP contribution < -0.4 is 5.32 Å². The Balaban J connectivity index is 1.72. The summed E-state index contributed by atoms with van der Waals surface area (Å²) in [4.78, 5) is 13.3. The number of hydrogen-bond donors (Lipinski definition) is 1. The molecule has 1 N–H and O–H groups in total. The number of sulfone groups is 1. The number of carbonyl (C=O) groups excluding carboxylic acids is 1. The van der Waals surface area contributed by atoms with Crippen LogP contribution in [0, 0.1) is 0 Å². The highest BCUT2D eigenvalue weighted by Gasteiger charge is 2.32. The lowest BCUT2D eigenvalue weighted by atomic mass is 10.0. The zero-order valence-corrected chi connectivity index (χ0v) is 16.5. The fourth-order valence-corrected chi connectivity index (χ4v) is 5.97. The molecule has 3 aromatic rings. The van der Waals surface area contributed by atoms with Gasteiger partial charge in [-0.3, -0.25) is 4.79 Å². The molecular weight excluding hydrogens is 416 g/mol. The van der Waals surface area contributed by atoms with E-state index in [9.17, 15) is 13.2 Å². The molecule has 0 saturated carbocycles. The number of aryl methyl sites for hydroxylation is 1. The van der Waals surface area contributed by atoms with Crippen molar-refractivity contribution in [3.63, 3.8) is 0 Å². The van der Waals surface area contributed by atoms with E-state index in [0.29, 0.717) is 22.6 Å². The highest BCUT2D eigenvalue weighted by Crippen LogP contribution is 2.34. The van der Waals surface area contributed by atoms with Gasteiger partial charge in [-0.1, -0.05) is 36.4 Å². The molecule has 1 amide bonds. The zero-order valence-electron chi connectivity index (χ0n) is 14.1. The summed E-state index contributed by atoms with van der Waals surface area (Å²) < 4.78 is 27.1. The van der Waals surface area contributed by atoms with E-state index >= 15 is 0 Å². The summed E-state index contributed by atoms with van der Waals surface area (Å²) in [7, 11) is -1.43. The first kappa shape index (κ1) is 17.3. The first-order valence-electron chi connectivity index (χ1n) is 8.25. The third kappa shape index (κ3) is 2.66. The molecule has 4 rings (SSSR count). The van der Waals surface area contributed by atoms with Crippen LogP contribution in [0.1, 0.15) is 28.5 Å². The van der Waals surface area contributed by atoms with E-state index in [1.54, 1.807) is 24.3 Å². The second kappa shape index (κ2) is 6.25. The molecule has 5 nitrogen and oxygen atoms in total. The van der Waals surface area contributed by atoms with Gasteiger partial charge in [0, 0.05) is 18.0 Å². The van der Waals surface area contributed by atoms with E-state index in [2.05, 4.69) is 21.2 Å². The fraction of sp³-hybridized carbons (Fsp3) is 0.211. The Hall–Kier alpha value is -2.12. The van der Waals surface area contributed by atoms with Gasteiger partial charge in [-0.05, 0) is 40.0 Å². The molecule has 0 saturated heterocycles. The number of para-hydroxylation sites is 1. The molecular formula is C19H17BrN2O3S. The summed E-state index contributed by atoms with van der Waals surface area (Å²) in [6, 6.07) is 14.3. The number of benzene rings is 2. The van der Waals surface area contributed by atoms with Gasteiger partial charge < -0.3 is 9.88 Å². The number of carbonyl (C=O) groups is 1. The standard InChI is InChI=1S/C19H17BrN2O3S/c1-22-15-8-4-2-7-13(15)17(20)18(22)19(23)21-14-10-11-26(24,25)16-9-5-3-6-12(14)16/h2-9,14H,10-11H2,1H3,(H,21,23). The molecule has 0 aliphatic carbocycles. The van der Waals surface area contributed by atoms with Crippen molar-refractivity contribution in [2.24, 2.45) is 7.05 Å². The first-order chi connectivity index (χ1) is 12.4. The van der Waals surface area contributed by atoms with Gasteiger partial charge in [-0.25, -0.2) is 8.42 Å². The van der Waals surface area contributed by atoms with Gasteiger partial charge in [-0.15, -0.1) is 0 Å². The van der Waals surface area contributed by atoms with Gasteiger partial charge in [0.25, 0.3) is 5.91 Å². The summed E-state index contributed by atoms with van der Waals surface area (Å²) in [6.45, 7) is 0. The molecule has 1 aromatic heterocycles. The lowest BCUT2D eigenvalue weighted by Crippen LogP contribution is -2.34. The fourth-order valence-electron chi connectivity index (χ4n) is 3.57. The van der Waals surface area contributed by atoms with Crippen LogP contribution in [-0.2, 0) is 16.9 Å². The smallest absolute Gasteiger partial charge is 0.269 e. The number of hydrogen-bond acceptors (Lipinski definition) is 3. The highest BCUT2D eigenvalue weighted by molar-refractivity contribution is 9.10. The molecule has 2 aromatic carbocycles. The van der Waals surface area contributed by atoms with Crippen molar-refractivity contribution in [2.45, 2.75) is 17.4 Å². The molecule has 0 spiro atoms. The molecule has 2 heterocycles. The van der Waals surface area contributed by atoms with Gasteiger partial charge in [0.05, 0.1) is 21.2 Å². The number of amides is 1. The lowest BCUT2D eigenvalue weighted by Gasteiger charge is -2.26. The van der Waals surface area contributed by atoms with Gasteiger partial charge in [0.2, 0.25) is 0 Å². The topological polar surface area (TPSA) is 68.2 Å². The molecule has 7 heteroatoms. The summed E-state index contributed by atoms with van der Waals surface area (Å²) >= 11 is 3.54. The second-order valence-electron chi connectivity index (χ2n) is 6.41. The number of rotatable bonds is 2. The van der Waals surface area contributed by atoms with Crippen molar-refractivity contribution in [3.8, 4) is 0 Å². The number of nitrogens with one attached hydrogen (secondary N) is 1. The minimum Gasteiger partial charge on any atom is -0.344 e. The summed E-state index contributed by atoms with van der Waals surface area (Å²) in [5, 5.41) is 3.98. The number of fused-ring (bicyclic) bond motifs is 2. The van der Waals surface area contributed by atoms with Crippen molar-refractivity contribution >= 4 is 42.6 Å². The minimum absolute atomic E-state index is 0.0330. The lowest BCUT2D eigenvalue weighted by molar-refractivity contribution is 0.0926. The maximum Gasteiger partial charge on any atom is 0.269 e. The molecule has 26 heavy (non-hydrogen) atoms. The van der Waals surface area contributed by atoms with Crippen molar-refractivity contribution < 1.29 is 13.2 Å². The van der Waals surface area contributed by atoms with Crippen LogP contribution in [0.2, 0.25) is 0 Å². The number of aromatic nitrogens is 1. The third-order valence-corrected chi connectivity index (χ3v) is 7.49. The van der Waals surface area contributed by atoms with E-state index in [1.165, 1.54) is 0 Å². The maximum atomic E-state index is 13.0. The molecule has 0 fully saturated rings. The van der Waals surface area contributed by atoms with Crippen molar-refractivity contribution in [1.29, 1.82) is 0 Å². The molecule has 0 bridgehead atoms. The third-order valence-electron chi connectivity index (χ3n) is 4.87. The van der Waals surface area contributed by atoms with Crippen molar-refractivity contribution in [2.75, 3.05) is 5.75 Å². The number of nitrogens with zero attached hydrogens (tertiary/aromatic N) is 1. The van der Waals surface area contributed by atoms with E-state index in [0.717, 1.165) is 15.4 Å². The van der Waals surface area contributed by atoms with Crippen LogP contribution >= 0.6 is 15.9 Å². The zero-order chi connectivity index (χ0) is 18.5. The van der Waals surface area contributed by atoms with Crippen LogP contribution in [0.3, 0.4) is 0 Å². The van der Waals surface area contributed by atoms with E-state index in [4.69, 9.17) is 0 Å². The van der Waals surface area contributed by atoms with Crippen LogP contribution in [-0.4, -0.2) is 24.6 Å². The van der Waals surface area contributed by atoms with E-state index in [1.807, 2.05) is 35.9 Å². The molecule has 0 radical (unpaired) electrons. The van der Waals surface area contributed by atoms with Crippen LogP contribution in [0.4, 0.5) is 0 Å². The minimum atomic E-state index is -3.28. The Bertz CT molecular complexity index is 1100.